The van der Waals surface area contributed by atoms with Crippen molar-refractivity contribution in [1.82, 2.24) is 10.2 Å². The summed E-state index contributed by atoms with van der Waals surface area (Å²) >= 11 is 0. The third-order valence-corrected chi connectivity index (χ3v) is 3.67. The molecule has 2 N–H and O–H groups in total. The third-order valence-electron chi connectivity index (χ3n) is 3.67. The number of unbranched alkanes of at least 4 members (excludes halogenated alkanes) is 1. The predicted molar refractivity (Wildman–Crippen MR) is 81.1 cm³/mol. The van der Waals surface area contributed by atoms with Crippen molar-refractivity contribution in [3.63, 3.8) is 0 Å². The number of ether oxygens (including phenoxy) is 2. The highest BCUT2D eigenvalue weighted by Crippen LogP contribution is 2.07. The van der Waals surface area contributed by atoms with Gasteiger partial charge in [-0.25, -0.2) is 0 Å². The molecule has 1 saturated heterocycles. The molecule has 0 aromatic carbocycles. The highest BCUT2D eigenvalue weighted by atomic mass is 16.5. The zero-order valence-corrected chi connectivity index (χ0v) is 13.1. The predicted octanol–water partition coefficient (Wildman–Crippen LogP) is 0.864. The topological polar surface area (TPSA) is 54.0 Å². The summed E-state index contributed by atoms with van der Waals surface area (Å²) in [7, 11) is 1.72. The van der Waals surface area contributed by atoms with Crippen LogP contribution < -0.4 is 5.32 Å². The Morgan fingerprint density at radius 1 is 1.40 bits per heavy atom. The average Bonchev–Trinajstić information content (AvgIpc) is 2.94. The van der Waals surface area contributed by atoms with Crippen molar-refractivity contribution in [2.24, 2.45) is 0 Å². The molecule has 0 aromatic rings. The van der Waals surface area contributed by atoms with Crippen LogP contribution in [0.4, 0.5) is 0 Å². The van der Waals surface area contributed by atoms with E-state index in [4.69, 9.17) is 9.47 Å². The van der Waals surface area contributed by atoms with Gasteiger partial charge in [-0.2, -0.15) is 0 Å². The van der Waals surface area contributed by atoms with Crippen molar-refractivity contribution >= 4 is 0 Å². The summed E-state index contributed by atoms with van der Waals surface area (Å²) < 4.78 is 10.6. The lowest BCUT2D eigenvalue weighted by molar-refractivity contribution is 0.0105. The maximum absolute atomic E-state index is 10.1. The van der Waals surface area contributed by atoms with E-state index in [1.165, 1.54) is 12.8 Å². The molecule has 0 saturated carbocycles. The highest BCUT2D eigenvalue weighted by Gasteiger charge is 2.19. The van der Waals surface area contributed by atoms with Crippen LogP contribution in [-0.2, 0) is 9.47 Å². The van der Waals surface area contributed by atoms with Crippen molar-refractivity contribution in [3.05, 3.63) is 0 Å². The van der Waals surface area contributed by atoms with Gasteiger partial charge >= 0.3 is 0 Å². The summed E-state index contributed by atoms with van der Waals surface area (Å²) in [5.41, 5.74) is 0. The zero-order chi connectivity index (χ0) is 14.6. The molecule has 0 aromatic heterocycles. The largest absolute Gasteiger partial charge is 0.389 e. The number of hydrogen-bond acceptors (Lipinski definition) is 5. The van der Waals surface area contributed by atoms with Crippen LogP contribution in [0.1, 0.15) is 32.6 Å². The van der Waals surface area contributed by atoms with Gasteiger partial charge in [-0.3, -0.25) is 4.90 Å². The second-order valence-electron chi connectivity index (χ2n) is 5.63. The van der Waals surface area contributed by atoms with Crippen molar-refractivity contribution in [2.45, 2.75) is 44.8 Å². The van der Waals surface area contributed by atoms with E-state index >= 15 is 0 Å². The van der Waals surface area contributed by atoms with Gasteiger partial charge in [0.1, 0.15) is 0 Å². The van der Waals surface area contributed by atoms with Gasteiger partial charge in [0.15, 0.2) is 0 Å². The van der Waals surface area contributed by atoms with E-state index in [0.29, 0.717) is 25.8 Å². The molecular formula is C15H32N2O3. The molecule has 5 heteroatoms. The third kappa shape index (κ3) is 8.17. The fourth-order valence-electron chi connectivity index (χ4n) is 2.52. The highest BCUT2D eigenvalue weighted by molar-refractivity contribution is 4.79. The molecule has 5 nitrogen and oxygen atoms in total. The lowest BCUT2D eigenvalue weighted by Gasteiger charge is -2.27. The molecule has 0 aliphatic carbocycles. The van der Waals surface area contributed by atoms with Gasteiger partial charge < -0.3 is 19.9 Å². The molecule has 1 heterocycles. The Kier molecular flexibility index (Phi) is 10.2. The van der Waals surface area contributed by atoms with Crippen molar-refractivity contribution < 1.29 is 14.6 Å². The Morgan fingerprint density at radius 2 is 2.25 bits per heavy atom. The first-order valence-corrected chi connectivity index (χ1v) is 7.96. The Morgan fingerprint density at radius 3 is 2.90 bits per heavy atom. The number of hydrogen-bond donors (Lipinski definition) is 2. The summed E-state index contributed by atoms with van der Waals surface area (Å²) in [6.07, 6.45) is 4.26. The van der Waals surface area contributed by atoms with E-state index in [9.17, 15) is 5.11 Å². The first-order valence-electron chi connectivity index (χ1n) is 7.96. The monoisotopic (exact) mass is 288 g/mol. The van der Waals surface area contributed by atoms with Gasteiger partial charge in [-0.15, -0.1) is 0 Å². The molecule has 0 spiro atoms. The molecule has 20 heavy (non-hydrogen) atoms. The van der Waals surface area contributed by atoms with Gasteiger partial charge in [0.2, 0.25) is 0 Å². The second-order valence-corrected chi connectivity index (χ2v) is 5.63. The Hall–Kier alpha value is -0.200. The number of aliphatic hydroxyl groups is 1. The van der Waals surface area contributed by atoms with E-state index in [1.807, 2.05) is 0 Å². The average molecular weight is 288 g/mol. The molecular weight excluding hydrogens is 256 g/mol. The van der Waals surface area contributed by atoms with Crippen molar-refractivity contribution in [3.8, 4) is 0 Å². The van der Waals surface area contributed by atoms with E-state index in [0.717, 1.165) is 39.1 Å². The fourth-order valence-corrected chi connectivity index (χ4v) is 2.52. The van der Waals surface area contributed by atoms with E-state index < -0.39 is 6.10 Å². The van der Waals surface area contributed by atoms with E-state index in [1.54, 1.807) is 7.11 Å². The Bertz CT molecular complexity index is 223. The van der Waals surface area contributed by atoms with Crippen LogP contribution in [0.15, 0.2) is 0 Å². The lowest BCUT2D eigenvalue weighted by atomic mass is 10.2. The van der Waals surface area contributed by atoms with Crippen LogP contribution in [0, 0.1) is 0 Å². The standard InChI is InChI=1S/C15H32N2O3/c1-3-4-9-20-13-15(18)12-17(8-10-19-2)11-14-6-5-7-16-14/h14-16,18H,3-13H2,1-2H3. The van der Waals surface area contributed by atoms with Crippen molar-refractivity contribution in [2.75, 3.05) is 53.1 Å². The minimum atomic E-state index is -0.412. The van der Waals surface area contributed by atoms with Gasteiger partial charge in [0.05, 0.1) is 19.3 Å². The van der Waals surface area contributed by atoms with Gasteiger partial charge in [0.25, 0.3) is 0 Å². The number of aliphatic hydroxyl groups excluding tert-OH is 1. The molecule has 1 aliphatic heterocycles. The molecule has 2 atom stereocenters. The van der Waals surface area contributed by atoms with E-state index in [-0.39, 0.29) is 0 Å². The maximum atomic E-state index is 10.1. The van der Waals surface area contributed by atoms with Crippen LogP contribution in [0.3, 0.4) is 0 Å². The van der Waals surface area contributed by atoms with Crippen LogP contribution >= 0.6 is 0 Å². The molecule has 0 bridgehead atoms. The number of nitrogens with one attached hydrogen (secondary N) is 1. The molecule has 120 valence electrons. The molecule has 1 fully saturated rings. The zero-order valence-electron chi connectivity index (χ0n) is 13.1. The fraction of sp³-hybridized carbons (Fsp3) is 1.00. The molecule has 0 amide bonds. The SMILES string of the molecule is CCCCOCC(O)CN(CCOC)CC1CCCN1. The summed E-state index contributed by atoms with van der Waals surface area (Å²) in [5, 5.41) is 13.6. The molecule has 1 aliphatic rings. The van der Waals surface area contributed by atoms with Crippen LogP contribution in [0.5, 0.6) is 0 Å². The van der Waals surface area contributed by atoms with Crippen LogP contribution in [0.25, 0.3) is 0 Å². The van der Waals surface area contributed by atoms with Crippen LogP contribution in [-0.4, -0.2) is 75.3 Å². The minimum Gasteiger partial charge on any atom is -0.389 e. The van der Waals surface area contributed by atoms with Crippen LogP contribution in [0.2, 0.25) is 0 Å². The quantitative estimate of drug-likeness (QED) is 0.522. The summed E-state index contributed by atoms with van der Waals surface area (Å²) in [4.78, 5) is 2.28. The summed E-state index contributed by atoms with van der Waals surface area (Å²) in [6.45, 7) is 7.64. The molecule has 2 unspecified atom stereocenters. The van der Waals surface area contributed by atoms with Gasteiger partial charge in [-0.1, -0.05) is 13.3 Å². The maximum Gasteiger partial charge on any atom is 0.0900 e. The van der Waals surface area contributed by atoms with E-state index in [2.05, 4.69) is 17.1 Å². The Balaban J connectivity index is 2.22. The Labute approximate surface area is 123 Å². The van der Waals surface area contributed by atoms with Gasteiger partial charge in [0, 0.05) is 39.4 Å². The smallest absolute Gasteiger partial charge is 0.0900 e. The molecule has 1 rings (SSSR count). The number of methoxy groups -OCH3 is 1. The summed E-state index contributed by atoms with van der Waals surface area (Å²) in [6, 6.07) is 0.556. The first-order chi connectivity index (χ1) is 9.76. The van der Waals surface area contributed by atoms with Gasteiger partial charge in [-0.05, 0) is 25.8 Å². The number of nitrogens with zero attached hydrogens (tertiary/aromatic N) is 1. The molecule has 0 radical (unpaired) electrons. The lowest BCUT2D eigenvalue weighted by Crippen LogP contribution is -2.43. The van der Waals surface area contributed by atoms with Crippen molar-refractivity contribution in [1.29, 1.82) is 0 Å². The summed E-state index contributed by atoms with van der Waals surface area (Å²) in [5.74, 6) is 0. The first kappa shape index (κ1) is 17.9. The number of rotatable bonds is 12. The normalized spacial score (nSPS) is 20.7. The second kappa shape index (κ2) is 11.5. The minimum absolute atomic E-state index is 0.412.